The first-order chi connectivity index (χ1) is 8.27. The fourth-order valence-corrected chi connectivity index (χ4v) is 1.84. The van der Waals surface area contributed by atoms with Gasteiger partial charge in [-0.2, -0.15) is 11.8 Å². The van der Waals surface area contributed by atoms with E-state index >= 15 is 0 Å². The van der Waals surface area contributed by atoms with Crippen molar-refractivity contribution in [1.29, 1.82) is 0 Å². The molecule has 0 saturated heterocycles. The summed E-state index contributed by atoms with van der Waals surface area (Å²) in [5.74, 6) is 2.35. The van der Waals surface area contributed by atoms with Gasteiger partial charge in [0.15, 0.2) is 0 Å². The molecule has 1 aromatic rings. The third-order valence-electron chi connectivity index (χ3n) is 2.03. The maximum atomic E-state index is 11.2. The van der Waals surface area contributed by atoms with E-state index in [-0.39, 0.29) is 5.97 Å². The summed E-state index contributed by atoms with van der Waals surface area (Å²) in [6.07, 6.45) is 3.30. The van der Waals surface area contributed by atoms with Crippen LogP contribution in [0.5, 0.6) is 0 Å². The second kappa shape index (κ2) is 7.97. The number of carbonyl (C=O) groups is 1. The Balaban J connectivity index is 2.21. The van der Waals surface area contributed by atoms with Crippen LogP contribution in [0, 0.1) is 0 Å². The van der Waals surface area contributed by atoms with Crippen molar-refractivity contribution < 1.29 is 13.9 Å². The molecule has 0 unspecified atom stereocenters. The van der Waals surface area contributed by atoms with Gasteiger partial charge in [0, 0.05) is 18.1 Å². The van der Waals surface area contributed by atoms with Gasteiger partial charge in [0.25, 0.3) is 0 Å². The van der Waals surface area contributed by atoms with E-state index in [2.05, 4.69) is 16.6 Å². The quantitative estimate of drug-likeness (QED) is 0.438. The molecule has 0 fully saturated rings. The molecule has 0 saturated carbocycles. The van der Waals surface area contributed by atoms with Gasteiger partial charge in [-0.1, -0.05) is 6.08 Å². The maximum Gasteiger partial charge on any atom is 0.341 e. The van der Waals surface area contributed by atoms with Crippen molar-refractivity contribution in [2.75, 3.05) is 25.2 Å². The number of nitrogens with one attached hydrogen (secondary N) is 1. The van der Waals surface area contributed by atoms with Crippen molar-refractivity contribution in [3.8, 4) is 0 Å². The predicted molar refractivity (Wildman–Crippen MR) is 69.3 cm³/mol. The number of carbonyl (C=O) groups excluding carboxylic acids is 1. The van der Waals surface area contributed by atoms with Crippen molar-refractivity contribution in [1.82, 2.24) is 5.32 Å². The molecule has 0 aliphatic heterocycles. The summed E-state index contributed by atoms with van der Waals surface area (Å²) in [6.45, 7) is 5.17. The van der Waals surface area contributed by atoms with E-state index in [1.807, 2.05) is 17.8 Å². The molecule has 0 amide bonds. The normalized spacial score (nSPS) is 10.2. The fourth-order valence-electron chi connectivity index (χ4n) is 1.22. The number of furan rings is 1. The van der Waals surface area contributed by atoms with Crippen LogP contribution in [0.3, 0.4) is 0 Å². The van der Waals surface area contributed by atoms with Crippen molar-refractivity contribution in [3.05, 3.63) is 36.3 Å². The average molecular weight is 255 g/mol. The molecule has 0 atom stereocenters. The van der Waals surface area contributed by atoms with E-state index < -0.39 is 0 Å². The Bertz CT molecular complexity index is 362. The molecule has 0 bridgehead atoms. The second-order valence-corrected chi connectivity index (χ2v) is 4.48. The van der Waals surface area contributed by atoms with E-state index in [1.165, 1.54) is 13.4 Å². The van der Waals surface area contributed by atoms with Gasteiger partial charge in [-0.25, -0.2) is 4.79 Å². The Morgan fingerprint density at radius 2 is 2.53 bits per heavy atom. The van der Waals surface area contributed by atoms with Crippen LogP contribution in [-0.2, 0) is 11.3 Å². The largest absolute Gasteiger partial charge is 0.467 e. The van der Waals surface area contributed by atoms with Gasteiger partial charge in [-0.05, 0) is 6.07 Å². The van der Waals surface area contributed by atoms with Crippen LogP contribution < -0.4 is 5.32 Å². The van der Waals surface area contributed by atoms with Crippen LogP contribution >= 0.6 is 11.8 Å². The Labute approximate surface area is 105 Å². The van der Waals surface area contributed by atoms with Crippen LogP contribution in [0.15, 0.2) is 29.4 Å². The second-order valence-electron chi connectivity index (χ2n) is 3.33. The number of hydrogen-bond donors (Lipinski definition) is 1. The number of rotatable bonds is 8. The topological polar surface area (TPSA) is 51.5 Å². The molecule has 1 rings (SSSR count). The molecule has 0 aromatic carbocycles. The van der Waals surface area contributed by atoms with Crippen LogP contribution in [0.1, 0.15) is 16.1 Å². The summed E-state index contributed by atoms with van der Waals surface area (Å²) >= 11 is 1.82. The third-order valence-corrected chi connectivity index (χ3v) is 3.00. The Morgan fingerprint density at radius 3 is 3.24 bits per heavy atom. The minimum absolute atomic E-state index is 0.374. The minimum atomic E-state index is -0.374. The van der Waals surface area contributed by atoms with E-state index in [0.29, 0.717) is 12.1 Å². The van der Waals surface area contributed by atoms with Gasteiger partial charge in [0.05, 0.1) is 19.2 Å². The zero-order chi connectivity index (χ0) is 12.5. The summed E-state index contributed by atoms with van der Waals surface area (Å²) < 4.78 is 9.82. The maximum absolute atomic E-state index is 11.2. The zero-order valence-corrected chi connectivity index (χ0v) is 10.7. The molecule has 0 aliphatic carbocycles. The van der Waals surface area contributed by atoms with Crippen LogP contribution in [0.2, 0.25) is 0 Å². The minimum Gasteiger partial charge on any atom is -0.467 e. The lowest BCUT2D eigenvalue weighted by Gasteiger charge is -2.00. The SMILES string of the molecule is C=CCSCCNCc1cc(C(=O)OC)co1. The van der Waals surface area contributed by atoms with E-state index in [9.17, 15) is 4.79 Å². The fraction of sp³-hybridized carbons (Fsp3) is 0.417. The Morgan fingerprint density at radius 1 is 1.71 bits per heavy atom. The summed E-state index contributed by atoms with van der Waals surface area (Å²) in [7, 11) is 1.35. The van der Waals surface area contributed by atoms with Gasteiger partial charge in [-0.3, -0.25) is 0 Å². The molecule has 0 aliphatic rings. The molecule has 4 nitrogen and oxygen atoms in total. The van der Waals surface area contributed by atoms with Crippen molar-refractivity contribution >= 4 is 17.7 Å². The van der Waals surface area contributed by atoms with Gasteiger partial charge in [0.2, 0.25) is 0 Å². The predicted octanol–water partition coefficient (Wildman–Crippen LogP) is 2.08. The van der Waals surface area contributed by atoms with E-state index in [4.69, 9.17) is 4.42 Å². The molecule has 1 heterocycles. The molecular weight excluding hydrogens is 238 g/mol. The smallest absolute Gasteiger partial charge is 0.341 e. The molecule has 5 heteroatoms. The number of methoxy groups -OCH3 is 1. The molecule has 1 aromatic heterocycles. The highest BCUT2D eigenvalue weighted by atomic mass is 32.2. The molecular formula is C12H17NO3S. The zero-order valence-electron chi connectivity index (χ0n) is 9.90. The van der Waals surface area contributed by atoms with Crippen LogP contribution in [0.4, 0.5) is 0 Å². The Kier molecular flexibility index (Phi) is 6.50. The van der Waals surface area contributed by atoms with Gasteiger partial charge in [-0.15, -0.1) is 6.58 Å². The summed E-state index contributed by atoms with van der Waals surface area (Å²) in [4.78, 5) is 11.2. The van der Waals surface area contributed by atoms with Gasteiger partial charge in [0.1, 0.15) is 12.0 Å². The highest BCUT2D eigenvalue weighted by Gasteiger charge is 2.09. The molecule has 0 spiro atoms. The monoisotopic (exact) mass is 255 g/mol. The third kappa shape index (κ3) is 5.10. The number of thioether (sulfide) groups is 1. The lowest BCUT2D eigenvalue weighted by molar-refractivity contribution is 0.0600. The first-order valence-corrected chi connectivity index (χ1v) is 6.48. The van der Waals surface area contributed by atoms with Crippen molar-refractivity contribution in [2.45, 2.75) is 6.54 Å². The lowest BCUT2D eigenvalue weighted by Crippen LogP contribution is -2.16. The molecule has 1 N–H and O–H groups in total. The molecule has 0 radical (unpaired) electrons. The van der Waals surface area contributed by atoms with E-state index in [0.717, 1.165) is 23.8 Å². The number of esters is 1. The summed E-state index contributed by atoms with van der Waals surface area (Å²) in [5.41, 5.74) is 0.449. The standard InChI is InChI=1S/C12H17NO3S/c1-3-5-17-6-4-13-8-11-7-10(9-16-11)12(14)15-2/h3,7,9,13H,1,4-6,8H2,2H3. The molecule has 94 valence electrons. The highest BCUT2D eigenvalue weighted by molar-refractivity contribution is 7.99. The highest BCUT2D eigenvalue weighted by Crippen LogP contribution is 2.08. The van der Waals surface area contributed by atoms with Crippen molar-refractivity contribution in [2.24, 2.45) is 0 Å². The molecule has 17 heavy (non-hydrogen) atoms. The van der Waals surface area contributed by atoms with Crippen molar-refractivity contribution in [3.63, 3.8) is 0 Å². The van der Waals surface area contributed by atoms with Crippen LogP contribution in [0.25, 0.3) is 0 Å². The number of ether oxygens (including phenoxy) is 1. The van der Waals surface area contributed by atoms with Crippen LogP contribution in [-0.4, -0.2) is 31.1 Å². The summed E-state index contributed by atoms with van der Waals surface area (Å²) in [6, 6.07) is 1.69. The van der Waals surface area contributed by atoms with E-state index in [1.54, 1.807) is 6.07 Å². The van der Waals surface area contributed by atoms with Gasteiger partial charge < -0.3 is 14.5 Å². The first-order valence-electron chi connectivity index (χ1n) is 5.33. The Hall–Kier alpha value is -1.20. The lowest BCUT2D eigenvalue weighted by atomic mass is 10.3. The first kappa shape index (κ1) is 13.9. The van der Waals surface area contributed by atoms with Gasteiger partial charge >= 0.3 is 5.97 Å². The summed E-state index contributed by atoms with van der Waals surface area (Å²) in [5, 5.41) is 3.23. The average Bonchev–Trinajstić information content (AvgIpc) is 2.81. The number of hydrogen-bond acceptors (Lipinski definition) is 5.